The predicted molar refractivity (Wildman–Crippen MR) is 72.5 cm³/mol. The lowest BCUT2D eigenvalue weighted by molar-refractivity contribution is 0.517. The van der Waals surface area contributed by atoms with Crippen LogP contribution in [-0.4, -0.2) is 23.8 Å². The lowest BCUT2D eigenvalue weighted by Gasteiger charge is -2.30. The zero-order chi connectivity index (χ0) is 12.0. The molecule has 0 saturated carbocycles. The summed E-state index contributed by atoms with van der Waals surface area (Å²) in [7, 11) is 0. The Labute approximate surface area is 111 Å². The van der Waals surface area contributed by atoms with Crippen LogP contribution in [0.5, 0.6) is 0 Å². The maximum atomic E-state index is 13.2. The topological polar surface area (TPSA) is 0 Å². The second-order valence-corrected chi connectivity index (χ2v) is 5.32. The summed E-state index contributed by atoms with van der Waals surface area (Å²) in [5.74, 6) is 1.57. The van der Waals surface area contributed by atoms with Crippen molar-refractivity contribution in [1.82, 2.24) is 0 Å². The van der Waals surface area contributed by atoms with E-state index in [1.54, 1.807) is 17.8 Å². The molecule has 0 aliphatic carbocycles. The van der Waals surface area contributed by atoms with Gasteiger partial charge in [-0.15, -0.1) is 23.2 Å². The second kappa shape index (κ2) is 6.73. The Balaban J connectivity index is 2.99. The Morgan fingerprint density at radius 2 is 2.00 bits per heavy atom. The summed E-state index contributed by atoms with van der Waals surface area (Å²) in [4.78, 5) is 0. The van der Waals surface area contributed by atoms with Gasteiger partial charge in [-0.25, -0.2) is 4.39 Å². The van der Waals surface area contributed by atoms with E-state index >= 15 is 0 Å². The van der Waals surface area contributed by atoms with Crippen LogP contribution in [-0.2, 0) is 5.41 Å². The first kappa shape index (κ1) is 14.1. The van der Waals surface area contributed by atoms with Gasteiger partial charge in [-0.05, 0) is 36.1 Å². The molecule has 90 valence electrons. The van der Waals surface area contributed by atoms with Crippen LogP contribution in [0.4, 0.5) is 4.39 Å². The Bertz CT molecular complexity index is 327. The average molecular weight is 281 g/mol. The van der Waals surface area contributed by atoms with Crippen molar-refractivity contribution in [2.45, 2.75) is 11.8 Å². The van der Waals surface area contributed by atoms with Crippen LogP contribution in [0.3, 0.4) is 0 Å². The van der Waals surface area contributed by atoms with Crippen molar-refractivity contribution >= 4 is 35.0 Å². The zero-order valence-corrected chi connectivity index (χ0v) is 11.5. The van der Waals surface area contributed by atoms with E-state index in [2.05, 4.69) is 0 Å². The Morgan fingerprint density at radius 1 is 1.31 bits per heavy atom. The Kier molecular flexibility index (Phi) is 5.95. The first-order valence-corrected chi connectivity index (χ1v) is 7.52. The molecule has 0 atom stereocenters. The SMILES string of the molecule is CSCCC(CCl)(CCl)c1cccc(F)c1. The van der Waals surface area contributed by atoms with E-state index in [9.17, 15) is 4.39 Å². The molecule has 0 saturated heterocycles. The Morgan fingerprint density at radius 3 is 2.50 bits per heavy atom. The predicted octanol–water partition coefficient (Wildman–Crippen LogP) is 4.29. The quantitative estimate of drug-likeness (QED) is 0.701. The number of hydrogen-bond donors (Lipinski definition) is 0. The van der Waals surface area contributed by atoms with E-state index in [0.29, 0.717) is 11.8 Å². The van der Waals surface area contributed by atoms with E-state index in [-0.39, 0.29) is 11.2 Å². The standard InChI is InChI=1S/C12H15Cl2FS/c1-16-6-5-12(8-13,9-14)10-3-2-4-11(15)7-10/h2-4,7H,5-6,8-9H2,1H3. The van der Waals surface area contributed by atoms with Crippen molar-refractivity contribution in [3.8, 4) is 0 Å². The number of alkyl halides is 2. The highest BCUT2D eigenvalue weighted by Gasteiger charge is 2.30. The third kappa shape index (κ3) is 3.28. The molecule has 4 heteroatoms. The third-order valence-electron chi connectivity index (χ3n) is 2.73. The van der Waals surface area contributed by atoms with E-state index in [4.69, 9.17) is 23.2 Å². The molecule has 1 rings (SSSR count). The van der Waals surface area contributed by atoms with Crippen molar-refractivity contribution in [2.75, 3.05) is 23.8 Å². The second-order valence-electron chi connectivity index (χ2n) is 3.80. The van der Waals surface area contributed by atoms with Crippen molar-refractivity contribution < 1.29 is 4.39 Å². The summed E-state index contributed by atoms with van der Waals surface area (Å²) in [6.45, 7) is 0. The molecule has 1 aromatic rings. The summed E-state index contributed by atoms with van der Waals surface area (Å²) in [6, 6.07) is 6.57. The Hall–Kier alpha value is 0.0800. The van der Waals surface area contributed by atoms with E-state index < -0.39 is 0 Å². The summed E-state index contributed by atoms with van der Waals surface area (Å²) in [5.41, 5.74) is 0.584. The van der Waals surface area contributed by atoms with E-state index in [1.807, 2.05) is 12.3 Å². The summed E-state index contributed by atoms with van der Waals surface area (Å²) in [5, 5.41) is 0. The van der Waals surface area contributed by atoms with Gasteiger partial charge in [0.1, 0.15) is 5.82 Å². The van der Waals surface area contributed by atoms with Crippen LogP contribution in [0.15, 0.2) is 24.3 Å². The van der Waals surface area contributed by atoms with Crippen LogP contribution in [0.1, 0.15) is 12.0 Å². The molecule has 0 nitrogen and oxygen atoms in total. The smallest absolute Gasteiger partial charge is 0.123 e. The lowest BCUT2D eigenvalue weighted by atomic mass is 9.81. The molecular formula is C12H15Cl2FS. The zero-order valence-electron chi connectivity index (χ0n) is 9.18. The fourth-order valence-corrected chi connectivity index (χ4v) is 3.04. The largest absolute Gasteiger partial charge is 0.207 e. The van der Waals surface area contributed by atoms with Crippen LogP contribution < -0.4 is 0 Å². The third-order valence-corrected chi connectivity index (χ3v) is 4.37. The van der Waals surface area contributed by atoms with Gasteiger partial charge in [0.2, 0.25) is 0 Å². The molecule has 0 amide bonds. The molecule has 0 aliphatic heterocycles. The molecule has 0 heterocycles. The minimum absolute atomic E-state index is 0.235. The summed E-state index contributed by atoms with van der Waals surface area (Å²) >= 11 is 13.8. The highest BCUT2D eigenvalue weighted by Crippen LogP contribution is 2.32. The number of benzene rings is 1. The first-order chi connectivity index (χ1) is 7.68. The van der Waals surface area contributed by atoms with Gasteiger partial charge in [0, 0.05) is 17.2 Å². The highest BCUT2D eigenvalue weighted by atomic mass is 35.5. The molecule has 0 radical (unpaired) electrons. The van der Waals surface area contributed by atoms with Crippen molar-refractivity contribution in [3.63, 3.8) is 0 Å². The van der Waals surface area contributed by atoms with Crippen LogP contribution >= 0.6 is 35.0 Å². The van der Waals surface area contributed by atoms with Crippen LogP contribution in [0.25, 0.3) is 0 Å². The summed E-state index contributed by atoms with van der Waals surface area (Å²) in [6.07, 6.45) is 2.91. The number of halogens is 3. The van der Waals surface area contributed by atoms with Crippen LogP contribution in [0.2, 0.25) is 0 Å². The van der Waals surface area contributed by atoms with Crippen molar-refractivity contribution in [1.29, 1.82) is 0 Å². The monoisotopic (exact) mass is 280 g/mol. The maximum absolute atomic E-state index is 13.2. The number of hydrogen-bond acceptors (Lipinski definition) is 1. The maximum Gasteiger partial charge on any atom is 0.123 e. The molecule has 16 heavy (non-hydrogen) atoms. The molecule has 0 bridgehead atoms. The average Bonchev–Trinajstić information content (AvgIpc) is 2.31. The van der Waals surface area contributed by atoms with Gasteiger partial charge in [-0.2, -0.15) is 11.8 Å². The highest BCUT2D eigenvalue weighted by molar-refractivity contribution is 7.98. The molecule has 0 fully saturated rings. The minimum Gasteiger partial charge on any atom is -0.207 e. The van der Waals surface area contributed by atoms with Gasteiger partial charge in [0.25, 0.3) is 0 Å². The van der Waals surface area contributed by atoms with Gasteiger partial charge in [-0.1, -0.05) is 12.1 Å². The van der Waals surface area contributed by atoms with Crippen LogP contribution in [0, 0.1) is 5.82 Å². The van der Waals surface area contributed by atoms with E-state index in [0.717, 1.165) is 17.7 Å². The fraction of sp³-hybridized carbons (Fsp3) is 0.500. The van der Waals surface area contributed by atoms with Crippen molar-refractivity contribution in [3.05, 3.63) is 35.6 Å². The molecular weight excluding hydrogens is 266 g/mol. The normalized spacial score (nSPS) is 11.8. The molecule has 0 aromatic heterocycles. The van der Waals surface area contributed by atoms with Gasteiger partial charge in [0.15, 0.2) is 0 Å². The lowest BCUT2D eigenvalue weighted by Crippen LogP contribution is -2.31. The molecule has 0 N–H and O–H groups in total. The number of thioether (sulfide) groups is 1. The van der Waals surface area contributed by atoms with Gasteiger partial charge in [0.05, 0.1) is 0 Å². The fourth-order valence-electron chi connectivity index (χ4n) is 1.58. The number of rotatable bonds is 6. The van der Waals surface area contributed by atoms with Gasteiger partial charge in [-0.3, -0.25) is 0 Å². The minimum atomic E-state index is -0.311. The summed E-state index contributed by atoms with van der Waals surface area (Å²) < 4.78 is 13.2. The van der Waals surface area contributed by atoms with Gasteiger partial charge >= 0.3 is 0 Å². The molecule has 0 aliphatic rings. The molecule has 0 unspecified atom stereocenters. The van der Waals surface area contributed by atoms with E-state index in [1.165, 1.54) is 12.1 Å². The van der Waals surface area contributed by atoms with Crippen molar-refractivity contribution in [2.24, 2.45) is 0 Å². The first-order valence-electron chi connectivity index (χ1n) is 5.05. The molecule has 0 spiro atoms. The van der Waals surface area contributed by atoms with Gasteiger partial charge < -0.3 is 0 Å². The molecule has 1 aromatic carbocycles.